The highest BCUT2D eigenvalue weighted by atomic mass is 16.5. The van der Waals surface area contributed by atoms with Crippen molar-refractivity contribution in [2.24, 2.45) is 17.8 Å². The van der Waals surface area contributed by atoms with E-state index in [9.17, 15) is 0 Å². The molecule has 3 heteroatoms. The lowest BCUT2D eigenvalue weighted by Gasteiger charge is -2.22. The highest BCUT2D eigenvalue weighted by Crippen LogP contribution is 2.31. The summed E-state index contributed by atoms with van der Waals surface area (Å²) in [5.74, 6) is 2.03. The maximum Gasteiger partial charge on any atom is 0.0594 e. The van der Waals surface area contributed by atoms with Gasteiger partial charge in [0.05, 0.1) is 12.2 Å². The smallest absolute Gasteiger partial charge is 0.0594 e. The number of hydrogen-bond donors (Lipinski definition) is 2. The van der Waals surface area contributed by atoms with E-state index in [2.05, 4.69) is 52.2 Å². The first kappa shape index (κ1) is 15.9. The number of ether oxygens (including phenoxy) is 1. The molecule has 18 heavy (non-hydrogen) atoms. The van der Waals surface area contributed by atoms with Crippen molar-refractivity contribution >= 4 is 0 Å². The van der Waals surface area contributed by atoms with Gasteiger partial charge in [-0.05, 0) is 39.2 Å². The fraction of sp³-hybridized carbons (Fsp3) is 1.00. The Labute approximate surface area is 113 Å². The first-order valence-electron chi connectivity index (χ1n) is 7.51. The van der Waals surface area contributed by atoms with E-state index in [-0.39, 0.29) is 0 Å². The normalized spacial score (nSPS) is 34.2. The van der Waals surface area contributed by atoms with Gasteiger partial charge in [-0.15, -0.1) is 0 Å². The van der Waals surface area contributed by atoms with Crippen LogP contribution in [0.4, 0.5) is 0 Å². The third-order valence-corrected chi connectivity index (χ3v) is 4.15. The molecule has 0 amide bonds. The Balaban J connectivity index is 2.19. The van der Waals surface area contributed by atoms with Crippen LogP contribution in [0.3, 0.4) is 0 Å². The van der Waals surface area contributed by atoms with Crippen LogP contribution in [-0.4, -0.2) is 37.9 Å². The maximum atomic E-state index is 5.88. The molecule has 0 spiro atoms. The molecule has 3 nitrogen and oxygen atoms in total. The van der Waals surface area contributed by atoms with Gasteiger partial charge in [-0.3, -0.25) is 0 Å². The molecular weight excluding hydrogens is 224 g/mol. The van der Waals surface area contributed by atoms with Crippen LogP contribution >= 0.6 is 0 Å². The first-order valence-corrected chi connectivity index (χ1v) is 7.51. The summed E-state index contributed by atoms with van der Waals surface area (Å²) in [4.78, 5) is 0. The zero-order valence-electron chi connectivity index (χ0n) is 13.0. The molecule has 0 aliphatic carbocycles. The predicted molar refractivity (Wildman–Crippen MR) is 77.8 cm³/mol. The van der Waals surface area contributed by atoms with Crippen molar-refractivity contribution in [2.45, 2.75) is 59.8 Å². The Kier molecular flexibility index (Phi) is 6.61. The van der Waals surface area contributed by atoms with E-state index >= 15 is 0 Å². The molecule has 1 saturated heterocycles. The second-order valence-corrected chi connectivity index (χ2v) is 6.43. The third kappa shape index (κ3) is 4.87. The Morgan fingerprint density at radius 2 is 1.67 bits per heavy atom. The maximum absolute atomic E-state index is 5.88. The summed E-state index contributed by atoms with van der Waals surface area (Å²) >= 11 is 0. The Morgan fingerprint density at radius 1 is 1.00 bits per heavy atom. The van der Waals surface area contributed by atoms with Gasteiger partial charge in [-0.2, -0.15) is 0 Å². The topological polar surface area (TPSA) is 33.3 Å². The lowest BCUT2D eigenvalue weighted by Crippen LogP contribution is -2.41. The van der Waals surface area contributed by atoms with Crippen molar-refractivity contribution in [3.05, 3.63) is 0 Å². The van der Waals surface area contributed by atoms with Crippen molar-refractivity contribution in [3.63, 3.8) is 0 Å². The van der Waals surface area contributed by atoms with Crippen molar-refractivity contribution in [1.82, 2.24) is 10.6 Å². The lowest BCUT2D eigenvalue weighted by molar-refractivity contribution is 0.0510. The van der Waals surface area contributed by atoms with E-state index < -0.39 is 0 Å². The van der Waals surface area contributed by atoms with Crippen LogP contribution in [0.5, 0.6) is 0 Å². The van der Waals surface area contributed by atoms with E-state index in [1.54, 1.807) is 0 Å². The number of hydrogen-bond acceptors (Lipinski definition) is 3. The Morgan fingerprint density at radius 3 is 2.17 bits per heavy atom. The zero-order chi connectivity index (χ0) is 13.7. The molecule has 0 bridgehead atoms. The van der Waals surface area contributed by atoms with Crippen LogP contribution in [0, 0.1) is 17.8 Å². The minimum Gasteiger partial charge on any atom is -0.375 e. The summed E-state index contributed by atoms with van der Waals surface area (Å²) in [5, 5.41) is 7.13. The molecule has 1 heterocycles. The summed E-state index contributed by atoms with van der Waals surface area (Å²) < 4.78 is 5.88. The van der Waals surface area contributed by atoms with Gasteiger partial charge in [0.1, 0.15) is 0 Å². The summed E-state index contributed by atoms with van der Waals surface area (Å²) in [7, 11) is 0. The molecular formula is C15H32N2O. The fourth-order valence-corrected chi connectivity index (χ4v) is 2.69. The van der Waals surface area contributed by atoms with Gasteiger partial charge in [0.15, 0.2) is 0 Å². The molecule has 2 N–H and O–H groups in total. The van der Waals surface area contributed by atoms with Gasteiger partial charge < -0.3 is 15.4 Å². The van der Waals surface area contributed by atoms with Crippen LogP contribution in [0.2, 0.25) is 0 Å². The van der Waals surface area contributed by atoms with E-state index in [1.165, 1.54) is 0 Å². The predicted octanol–water partition coefficient (Wildman–Crippen LogP) is 2.27. The van der Waals surface area contributed by atoms with E-state index in [0.717, 1.165) is 25.6 Å². The minimum absolute atomic E-state index is 0.387. The van der Waals surface area contributed by atoms with Crippen molar-refractivity contribution in [1.29, 1.82) is 0 Å². The molecule has 0 radical (unpaired) electrons. The van der Waals surface area contributed by atoms with Gasteiger partial charge in [0.2, 0.25) is 0 Å². The van der Waals surface area contributed by atoms with Crippen LogP contribution in [0.25, 0.3) is 0 Å². The highest BCUT2D eigenvalue weighted by Gasteiger charge is 2.36. The third-order valence-electron chi connectivity index (χ3n) is 4.15. The average molecular weight is 256 g/mol. The quantitative estimate of drug-likeness (QED) is 0.733. The van der Waals surface area contributed by atoms with E-state index in [4.69, 9.17) is 4.74 Å². The minimum atomic E-state index is 0.387. The summed E-state index contributed by atoms with van der Waals surface area (Å²) in [5.41, 5.74) is 0. The molecule has 108 valence electrons. The zero-order valence-corrected chi connectivity index (χ0v) is 13.0. The van der Waals surface area contributed by atoms with Crippen molar-refractivity contribution in [3.8, 4) is 0 Å². The molecule has 1 fully saturated rings. The molecule has 0 aromatic heterocycles. The SMILES string of the molecule is CC(C)CNCC(C)NCC1C(C)OC(C)C1C. The second-order valence-electron chi connectivity index (χ2n) is 6.43. The first-order chi connectivity index (χ1) is 8.41. The summed E-state index contributed by atoms with van der Waals surface area (Å²) in [6, 6.07) is 0.527. The second kappa shape index (κ2) is 7.46. The van der Waals surface area contributed by atoms with E-state index in [1.807, 2.05) is 0 Å². The Hall–Kier alpha value is -0.120. The van der Waals surface area contributed by atoms with Gasteiger partial charge in [0, 0.05) is 25.0 Å². The summed E-state index contributed by atoms with van der Waals surface area (Å²) in [6.45, 7) is 16.6. The molecule has 0 aromatic rings. The molecule has 0 aromatic carbocycles. The average Bonchev–Trinajstić information content (AvgIpc) is 2.50. The monoisotopic (exact) mass is 256 g/mol. The molecule has 1 aliphatic rings. The fourth-order valence-electron chi connectivity index (χ4n) is 2.69. The molecule has 1 rings (SSSR count). The lowest BCUT2D eigenvalue weighted by atomic mass is 9.89. The molecule has 1 aliphatic heterocycles. The van der Waals surface area contributed by atoms with Crippen LogP contribution in [0.15, 0.2) is 0 Å². The van der Waals surface area contributed by atoms with Crippen molar-refractivity contribution < 1.29 is 4.74 Å². The van der Waals surface area contributed by atoms with Crippen LogP contribution in [-0.2, 0) is 4.74 Å². The van der Waals surface area contributed by atoms with Crippen LogP contribution < -0.4 is 10.6 Å². The molecule has 5 atom stereocenters. The largest absolute Gasteiger partial charge is 0.375 e. The Bertz CT molecular complexity index is 233. The highest BCUT2D eigenvalue weighted by molar-refractivity contribution is 4.85. The van der Waals surface area contributed by atoms with E-state index in [0.29, 0.717) is 30.1 Å². The van der Waals surface area contributed by atoms with Gasteiger partial charge in [-0.25, -0.2) is 0 Å². The molecule has 0 saturated carbocycles. The summed E-state index contributed by atoms with van der Waals surface area (Å²) in [6.07, 6.45) is 0.791. The van der Waals surface area contributed by atoms with Gasteiger partial charge >= 0.3 is 0 Å². The number of nitrogens with one attached hydrogen (secondary N) is 2. The van der Waals surface area contributed by atoms with Crippen LogP contribution in [0.1, 0.15) is 41.5 Å². The number of rotatable bonds is 7. The van der Waals surface area contributed by atoms with Gasteiger partial charge in [0.25, 0.3) is 0 Å². The molecule has 5 unspecified atom stereocenters. The standard InChI is InChI=1S/C15H32N2O/c1-10(2)7-16-8-11(3)17-9-15-12(4)13(5)18-14(15)6/h10-17H,7-9H2,1-6H3. The van der Waals surface area contributed by atoms with Crippen molar-refractivity contribution in [2.75, 3.05) is 19.6 Å². The van der Waals surface area contributed by atoms with Gasteiger partial charge in [-0.1, -0.05) is 20.8 Å².